The van der Waals surface area contributed by atoms with E-state index in [4.69, 9.17) is 0 Å². The van der Waals surface area contributed by atoms with Crippen LogP contribution < -0.4 is 10.6 Å². The zero-order valence-electron chi connectivity index (χ0n) is 18.9. The van der Waals surface area contributed by atoms with E-state index in [0.29, 0.717) is 0 Å². The van der Waals surface area contributed by atoms with Gasteiger partial charge in [0.2, 0.25) is 0 Å². The van der Waals surface area contributed by atoms with Crippen LogP contribution in [0.5, 0.6) is 0 Å². The number of nitrogens with one attached hydrogen (secondary N) is 2. The van der Waals surface area contributed by atoms with E-state index in [-0.39, 0.29) is 5.78 Å². The van der Waals surface area contributed by atoms with Gasteiger partial charge >= 0.3 is 0 Å². The number of carbonyl (C=O) groups is 1. The molecule has 3 rings (SSSR count). The minimum Gasteiger partial charge on any atom is -0.384 e. The maximum Gasteiger partial charge on any atom is 0.194 e. The molecule has 0 radical (unpaired) electrons. The van der Waals surface area contributed by atoms with Gasteiger partial charge in [-0.3, -0.25) is 4.79 Å². The molecule has 162 valence electrons. The summed E-state index contributed by atoms with van der Waals surface area (Å²) in [5.74, 6) is 0.125. The number of anilines is 2. The molecule has 5 heteroatoms. The molecule has 0 saturated carbocycles. The Labute approximate surface area is 181 Å². The lowest BCUT2D eigenvalue weighted by molar-refractivity contribution is 0.104. The molecule has 0 spiro atoms. The van der Waals surface area contributed by atoms with Gasteiger partial charge in [0.25, 0.3) is 0 Å². The van der Waals surface area contributed by atoms with Crippen LogP contribution in [-0.4, -0.2) is 67.9 Å². The Bertz CT molecular complexity index is 787. The van der Waals surface area contributed by atoms with Crippen molar-refractivity contribution >= 4 is 17.2 Å². The highest BCUT2D eigenvalue weighted by molar-refractivity contribution is 6.22. The second-order valence-corrected chi connectivity index (χ2v) is 7.76. The summed E-state index contributed by atoms with van der Waals surface area (Å²) in [7, 11) is 0. The van der Waals surface area contributed by atoms with Crippen molar-refractivity contribution < 1.29 is 4.79 Å². The first-order chi connectivity index (χ1) is 14.6. The number of benzene rings is 2. The molecule has 2 aromatic carbocycles. The van der Waals surface area contributed by atoms with Crippen LogP contribution in [0.3, 0.4) is 0 Å². The van der Waals surface area contributed by atoms with Gasteiger partial charge in [-0.15, -0.1) is 0 Å². The van der Waals surface area contributed by atoms with E-state index in [1.165, 1.54) is 0 Å². The highest BCUT2D eigenvalue weighted by atomic mass is 16.1. The van der Waals surface area contributed by atoms with Crippen LogP contribution in [0, 0.1) is 0 Å². The van der Waals surface area contributed by atoms with Crippen LogP contribution in [0.15, 0.2) is 36.4 Å². The Morgan fingerprint density at radius 2 is 1.03 bits per heavy atom. The topological polar surface area (TPSA) is 47.6 Å². The Morgan fingerprint density at radius 3 is 1.40 bits per heavy atom. The fourth-order valence-corrected chi connectivity index (χ4v) is 4.10. The quantitative estimate of drug-likeness (QED) is 0.465. The fourth-order valence-electron chi connectivity index (χ4n) is 4.10. The largest absolute Gasteiger partial charge is 0.384 e. The van der Waals surface area contributed by atoms with Gasteiger partial charge in [-0.2, -0.15) is 0 Å². The van der Waals surface area contributed by atoms with Crippen molar-refractivity contribution in [3.05, 3.63) is 47.5 Å². The third-order valence-electron chi connectivity index (χ3n) is 6.12. The van der Waals surface area contributed by atoms with Gasteiger partial charge in [0, 0.05) is 48.7 Å². The highest BCUT2D eigenvalue weighted by Gasteiger charge is 2.27. The summed E-state index contributed by atoms with van der Waals surface area (Å²) < 4.78 is 0. The fraction of sp³-hybridized carbons (Fsp3) is 0.480. The van der Waals surface area contributed by atoms with E-state index in [0.717, 1.165) is 86.0 Å². The third kappa shape index (κ3) is 5.02. The summed E-state index contributed by atoms with van der Waals surface area (Å²) in [4.78, 5) is 17.8. The predicted octanol–water partition coefficient (Wildman–Crippen LogP) is 4.41. The van der Waals surface area contributed by atoms with Gasteiger partial charge in [-0.25, -0.2) is 0 Å². The maximum absolute atomic E-state index is 13.1. The van der Waals surface area contributed by atoms with Crippen LogP contribution in [-0.2, 0) is 0 Å². The van der Waals surface area contributed by atoms with Crippen molar-refractivity contribution in [2.45, 2.75) is 27.7 Å². The minimum absolute atomic E-state index is 0.125. The second-order valence-electron chi connectivity index (χ2n) is 7.76. The number of nitrogens with zero attached hydrogens (tertiary/aromatic N) is 2. The Balaban J connectivity index is 1.66. The highest BCUT2D eigenvalue weighted by Crippen LogP contribution is 2.39. The Kier molecular flexibility index (Phi) is 7.88. The first-order valence-corrected chi connectivity index (χ1v) is 11.4. The molecule has 1 aliphatic carbocycles. The molecule has 0 amide bonds. The molecule has 0 saturated heterocycles. The van der Waals surface area contributed by atoms with Crippen LogP contribution in [0.2, 0.25) is 0 Å². The third-order valence-corrected chi connectivity index (χ3v) is 6.12. The summed E-state index contributed by atoms with van der Waals surface area (Å²) in [5, 5.41) is 6.94. The molecule has 5 nitrogen and oxygen atoms in total. The number of ketones is 1. The first kappa shape index (κ1) is 22.3. The SMILES string of the molecule is CCN(CC)CCNc1ccc2c(c1)C(=O)c1cc(NCCN(CC)CC)ccc1-2. The number of likely N-dealkylation sites (N-methyl/N-ethyl adjacent to an activating group) is 2. The molecule has 1 aliphatic rings. The van der Waals surface area contributed by atoms with Gasteiger partial charge in [0.05, 0.1) is 0 Å². The average Bonchev–Trinajstić information content (AvgIpc) is 3.05. The van der Waals surface area contributed by atoms with Crippen molar-refractivity contribution in [2.24, 2.45) is 0 Å². The molecule has 30 heavy (non-hydrogen) atoms. The maximum atomic E-state index is 13.1. The smallest absolute Gasteiger partial charge is 0.194 e. The van der Waals surface area contributed by atoms with Crippen molar-refractivity contribution in [1.82, 2.24) is 9.80 Å². The summed E-state index contributed by atoms with van der Waals surface area (Å²) in [6.45, 7) is 16.7. The van der Waals surface area contributed by atoms with Crippen LogP contribution >= 0.6 is 0 Å². The van der Waals surface area contributed by atoms with Crippen LogP contribution in [0.25, 0.3) is 11.1 Å². The standard InChI is InChI=1S/C25H36N4O/c1-5-28(6-2)15-13-26-19-9-11-21-22-12-10-20(27-14-16-29(7-3)8-4)18-24(22)25(30)23(21)17-19/h9-12,17-18,26-27H,5-8,13-16H2,1-4H3. The van der Waals surface area contributed by atoms with Gasteiger partial charge in [-0.05, 0) is 61.6 Å². The molecular weight excluding hydrogens is 372 g/mol. The zero-order valence-corrected chi connectivity index (χ0v) is 18.9. The summed E-state index contributed by atoms with van der Waals surface area (Å²) in [5.41, 5.74) is 5.72. The number of fused-ring (bicyclic) bond motifs is 3. The number of rotatable bonds is 12. The lowest BCUT2D eigenvalue weighted by atomic mass is 10.0. The number of carbonyl (C=O) groups excluding carboxylic acids is 1. The van der Waals surface area contributed by atoms with Crippen molar-refractivity contribution in [3.8, 4) is 11.1 Å². The van der Waals surface area contributed by atoms with E-state index >= 15 is 0 Å². The van der Waals surface area contributed by atoms with E-state index in [1.54, 1.807) is 0 Å². The van der Waals surface area contributed by atoms with Gasteiger partial charge in [0.1, 0.15) is 0 Å². The summed E-state index contributed by atoms with van der Waals surface area (Å²) in [6, 6.07) is 12.3. The van der Waals surface area contributed by atoms with Gasteiger partial charge in [0.15, 0.2) is 5.78 Å². The molecule has 0 aliphatic heterocycles. The molecule has 0 aromatic heterocycles. The monoisotopic (exact) mass is 408 g/mol. The predicted molar refractivity (Wildman–Crippen MR) is 128 cm³/mol. The molecular formula is C25H36N4O. The lowest BCUT2D eigenvalue weighted by Gasteiger charge is -2.18. The summed E-state index contributed by atoms with van der Waals surface area (Å²) >= 11 is 0. The molecule has 0 unspecified atom stereocenters. The van der Waals surface area contributed by atoms with E-state index < -0.39 is 0 Å². The van der Waals surface area contributed by atoms with Crippen LogP contribution in [0.4, 0.5) is 11.4 Å². The zero-order chi connectivity index (χ0) is 21.5. The van der Waals surface area contributed by atoms with Gasteiger partial charge < -0.3 is 20.4 Å². The Morgan fingerprint density at radius 1 is 0.633 bits per heavy atom. The molecule has 2 aromatic rings. The number of hydrogen-bond donors (Lipinski definition) is 2. The van der Waals surface area contributed by atoms with Gasteiger partial charge in [-0.1, -0.05) is 39.8 Å². The van der Waals surface area contributed by atoms with E-state index in [1.807, 2.05) is 12.1 Å². The molecule has 0 atom stereocenters. The van der Waals surface area contributed by atoms with Crippen LogP contribution in [0.1, 0.15) is 43.6 Å². The Hall–Kier alpha value is -2.37. The molecule has 0 bridgehead atoms. The van der Waals surface area contributed by atoms with E-state index in [9.17, 15) is 4.79 Å². The minimum atomic E-state index is 0.125. The summed E-state index contributed by atoms with van der Waals surface area (Å²) in [6.07, 6.45) is 0. The normalized spacial score (nSPS) is 12.4. The average molecular weight is 409 g/mol. The number of hydrogen-bond acceptors (Lipinski definition) is 5. The van der Waals surface area contributed by atoms with Crippen molar-refractivity contribution in [3.63, 3.8) is 0 Å². The van der Waals surface area contributed by atoms with Crippen molar-refractivity contribution in [2.75, 3.05) is 63.0 Å². The molecule has 0 fully saturated rings. The lowest BCUT2D eigenvalue weighted by Crippen LogP contribution is -2.28. The molecule has 0 heterocycles. The second kappa shape index (κ2) is 10.6. The molecule has 2 N–H and O–H groups in total. The van der Waals surface area contributed by atoms with E-state index in [2.05, 4.69) is 72.4 Å². The van der Waals surface area contributed by atoms with Crippen molar-refractivity contribution in [1.29, 1.82) is 0 Å². The first-order valence-electron chi connectivity index (χ1n) is 11.4.